The van der Waals surface area contributed by atoms with E-state index in [2.05, 4.69) is 20.7 Å². The maximum absolute atomic E-state index is 12.8. The van der Waals surface area contributed by atoms with Crippen LogP contribution in [0.3, 0.4) is 0 Å². The van der Waals surface area contributed by atoms with Gasteiger partial charge in [0.1, 0.15) is 5.58 Å². The van der Waals surface area contributed by atoms with Gasteiger partial charge in [0.05, 0.1) is 10.4 Å². The van der Waals surface area contributed by atoms with Crippen LogP contribution in [0, 0.1) is 0 Å². The molecule has 1 aliphatic rings. The summed E-state index contributed by atoms with van der Waals surface area (Å²) >= 11 is 3.39. The third-order valence-corrected chi connectivity index (χ3v) is 6.44. The lowest BCUT2D eigenvalue weighted by Gasteiger charge is -2.18. The number of fused-ring (bicyclic) bond motifs is 1. The predicted octanol–water partition coefficient (Wildman–Crippen LogP) is 3.52. The monoisotopic (exact) mass is 419 g/mol. The Morgan fingerprint density at radius 2 is 1.72 bits per heavy atom. The SMILES string of the molecule is O=c1ccc2cc(S(=O)(=O)NC3(c4ccc(Br)cc4)CC3)ccc2o1. The molecule has 0 saturated heterocycles. The molecule has 1 N–H and O–H groups in total. The number of sulfonamides is 1. The van der Waals surface area contributed by atoms with Gasteiger partial charge in [0, 0.05) is 15.9 Å². The molecule has 0 atom stereocenters. The summed E-state index contributed by atoms with van der Waals surface area (Å²) in [5.41, 5.74) is 0.303. The minimum atomic E-state index is -3.70. The molecule has 1 heterocycles. The van der Waals surface area contributed by atoms with E-state index in [-0.39, 0.29) is 4.90 Å². The molecule has 5 nitrogen and oxygen atoms in total. The zero-order chi connectivity index (χ0) is 17.7. The molecule has 1 fully saturated rings. The van der Waals surface area contributed by atoms with Gasteiger partial charge in [0.15, 0.2) is 0 Å². The standard InChI is InChI=1S/C18H14BrNO4S/c19-14-4-2-13(3-5-14)18(9-10-18)20-25(22,23)15-6-7-16-12(11-15)1-8-17(21)24-16/h1-8,11,20H,9-10H2. The molecule has 3 aromatic rings. The largest absolute Gasteiger partial charge is 0.423 e. The van der Waals surface area contributed by atoms with Gasteiger partial charge in [-0.15, -0.1) is 0 Å². The number of nitrogens with one attached hydrogen (secondary N) is 1. The van der Waals surface area contributed by atoms with Gasteiger partial charge in [0.25, 0.3) is 0 Å². The first-order valence-electron chi connectivity index (χ1n) is 7.72. The second-order valence-corrected chi connectivity index (χ2v) is 8.75. The average molecular weight is 420 g/mol. The van der Waals surface area contributed by atoms with E-state index >= 15 is 0 Å². The number of hydrogen-bond donors (Lipinski definition) is 1. The molecular formula is C18H14BrNO4S. The summed E-state index contributed by atoms with van der Waals surface area (Å²) in [4.78, 5) is 11.4. The molecule has 0 unspecified atom stereocenters. The summed E-state index contributed by atoms with van der Waals surface area (Å²) in [5, 5.41) is 0.566. The first-order valence-corrected chi connectivity index (χ1v) is 10.00. The molecule has 0 amide bonds. The first-order chi connectivity index (χ1) is 11.9. The molecular weight excluding hydrogens is 406 g/mol. The lowest BCUT2D eigenvalue weighted by atomic mass is 10.1. The van der Waals surface area contributed by atoms with E-state index in [1.807, 2.05) is 24.3 Å². The third-order valence-electron chi connectivity index (χ3n) is 4.38. The Hall–Kier alpha value is -1.96. The minimum absolute atomic E-state index is 0.150. The summed E-state index contributed by atoms with van der Waals surface area (Å²) in [6.45, 7) is 0. The Kier molecular flexibility index (Phi) is 3.82. The normalized spacial score (nSPS) is 16.0. The second-order valence-electron chi connectivity index (χ2n) is 6.15. The highest BCUT2D eigenvalue weighted by Gasteiger charge is 2.47. The fraction of sp³-hybridized carbons (Fsp3) is 0.167. The Labute approximate surface area is 152 Å². The van der Waals surface area contributed by atoms with Crippen LogP contribution in [0.15, 0.2) is 73.2 Å². The van der Waals surface area contributed by atoms with E-state index in [0.29, 0.717) is 11.0 Å². The van der Waals surface area contributed by atoms with Crippen LogP contribution in [0.25, 0.3) is 11.0 Å². The highest BCUT2D eigenvalue weighted by molar-refractivity contribution is 9.10. The van der Waals surface area contributed by atoms with Crippen molar-refractivity contribution in [3.05, 3.63) is 75.1 Å². The van der Waals surface area contributed by atoms with Crippen LogP contribution in [0.4, 0.5) is 0 Å². The molecule has 7 heteroatoms. The third kappa shape index (κ3) is 3.15. The van der Waals surface area contributed by atoms with Crippen LogP contribution in [-0.2, 0) is 15.6 Å². The fourth-order valence-corrected chi connectivity index (χ4v) is 4.62. The van der Waals surface area contributed by atoms with Gasteiger partial charge in [0.2, 0.25) is 10.0 Å². The highest BCUT2D eigenvalue weighted by atomic mass is 79.9. The van der Waals surface area contributed by atoms with E-state index in [1.165, 1.54) is 24.3 Å². The predicted molar refractivity (Wildman–Crippen MR) is 97.9 cm³/mol. The Morgan fingerprint density at radius 3 is 2.40 bits per heavy atom. The molecule has 2 aromatic carbocycles. The lowest BCUT2D eigenvalue weighted by Crippen LogP contribution is -2.34. The molecule has 128 valence electrons. The summed E-state index contributed by atoms with van der Waals surface area (Å²) in [6.07, 6.45) is 1.52. The van der Waals surface area contributed by atoms with E-state index < -0.39 is 21.2 Å². The van der Waals surface area contributed by atoms with Crippen molar-refractivity contribution in [2.75, 3.05) is 0 Å². The van der Waals surface area contributed by atoms with E-state index in [4.69, 9.17) is 4.42 Å². The van der Waals surface area contributed by atoms with Crippen molar-refractivity contribution in [2.24, 2.45) is 0 Å². The first kappa shape index (κ1) is 16.5. The zero-order valence-corrected chi connectivity index (χ0v) is 15.4. The molecule has 25 heavy (non-hydrogen) atoms. The van der Waals surface area contributed by atoms with Gasteiger partial charge in [-0.05, 0) is 54.8 Å². The molecule has 4 rings (SSSR count). The smallest absolute Gasteiger partial charge is 0.336 e. The maximum atomic E-state index is 12.8. The molecule has 0 spiro atoms. The molecule has 0 bridgehead atoms. The lowest BCUT2D eigenvalue weighted by molar-refractivity contribution is 0.551. The van der Waals surface area contributed by atoms with Crippen LogP contribution in [0.1, 0.15) is 18.4 Å². The van der Waals surface area contributed by atoms with Gasteiger partial charge in [-0.3, -0.25) is 0 Å². The van der Waals surface area contributed by atoms with Crippen LogP contribution in [-0.4, -0.2) is 8.42 Å². The van der Waals surface area contributed by atoms with Gasteiger partial charge < -0.3 is 4.42 Å². The van der Waals surface area contributed by atoms with E-state index in [1.54, 1.807) is 6.07 Å². The van der Waals surface area contributed by atoms with Crippen molar-refractivity contribution in [2.45, 2.75) is 23.3 Å². The van der Waals surface area contributed by atoms with Crippen molar-refractivity contribution in [3.8, 4) is 0 Å². The number of rotatable bonds is 4. The second kappa shape index (κ2) is 5.79. The van der Waals surface area contributed by atoms with Gasteiger partial charge >= 0.3 is 5.63 Å². The maximum Gasteiger partial charge on any atom is 0.336 e. The topological polar surface area (TPSA) is 76.4 Å². The number of benzene rings is 2. The van der Waals surface area contributed by atoms with Crippen LogP contribution < -0.4 is 10.3 Å². The molecule has 1 aliphatic carbocycles. The summed E-state index contributed by atoms with van der Waals surface area (Å²) in [7, 11) is -3.70. The van der Waals surface area contributed by atoms with Gasteiger partial charge in [-0.25, -0.2) is 17.9 Å². The van der Waals surface area contributed by atoms with Gasteiger partial charge in [-0.1, -0.05) is 28.1 Å². The van der Waals surface area contributed by atoms with E-state index in [0.717, 1.165) is 22.9 Å². The molecule has 0 aliphatic heterocycles. The average Bonchev–Trinajstić information content (AvgIpc) is 3.34. The Bertz CT molecular complexity index is 1120. The van der Waals surface area contributed by atoms with Crippen molar-refractivity contribution in [3.63, 3.8) is 0 Å². The summed E-state index contributed by atoms with van der Waals surface area (Å²) in [5.74, 6) is 0. The Morgan fingerprint density at radius 1 is 1.00 bits per heavy atom. The van der Waals surface area contributed by atoms with Crippen LogP contribution >= 0.6 is 15.9 Å². The zero-order valence-electron chi connectivity index (χ0n) is 13.0. The molecule has 1 saturated carbocycles. The van der Waals surface area contributed by atoms with Crippen molar-refractivity contribution in [1.82, 2.24) is 4.72 Å². The number of halogens is 1. The van der Waals surface area contributed by atoms with Gasteiger partial charge in [-0.2, -0.15) is 0 Å². The van der Waals surface area contributed by atoms with Crippen LogP contribution in [0.5, 0.6) is 0 Å². The highest BCUT2D eigenvalue weighted by Crippen LogP contribution is 2.46. The quantitative estimate of drug-likeness (QED) is 0.656. The fourth-order valence-electron chi connectivity index (χ4n) is 2.88. The van der Waals surface area contributed by atoms with Crippen molar-refractivity contribution in [1.29, 1.82) is 0 Å². The number of hydrogen-bond acceptors (Lipinski definition) is 4. The Balaban J connectivity index is 1.69. The summed E-state index contributed by atoms with van der Waals surface area (Å²) in [6, 6.07) is 15.0. The van der Waals surface area contributed by atoms with E-state index in [9.17, 15) is 13.2 Å². The molecule has 0 radical (unpaired) electrons. The van der Waals surface area contributed by atoms with Crippen molar-refractivity contribution < 1.29 is 12.8 Å². The van der Waals surface area contributed by atoms with Crippen LogP contribution in [0.2, 0.25) is 0 Å². The van der Waals surface area contributed by atoms with Crippen molar-refractivity contribution >= 4 is 36.9 Å². The summed E-state index contributed by atoms with van der Waals surface area (Å²) < 4.78 is 34.5. The minimum Gasteiger partial charge on any atom is -0.423 e. The molecule has 1 aromatic heterocycles.